The Kier molecular flexibility index (Phi) is 7.87. The van der Waals surface area contributed by atoms with Gasteiger partial charge in [0.05, 0.1) is 27.8 Å². The first-order valence-corrected chi connectivity index (χ1v) is 21.7. The highest BCUT2D eigenvalue weighted by Crippen LogP contribution is 2.40. The maximum absolute atomic E-state index is 2.79. The fraction of sp³-hybridized carbons (Fsp3) is 0. The average molecular weight is 743 g/mol. The van der Waals surface area contributed by atoms with Crippen molar-refractivity contribution in [2.24, 2.45) is 0 Å². The van der Waals surface area contributed by atoms with Crippen molar-refractivity contribution in [1.82, 2.24) is 9.13 Å². The second-order valence-corrected chi connectivity index (χ2v) is 18.6. The molecule has 0 aliphatic rings. The second-order valence-electron chi connectivity index (χ2n) is 14.8. The summed E-state index contributed by atoms with van der Waals surface area (Å²) in [6.45, 7) is 0. The van der Waals surface area contributed by atoms with Gasteiger partial charge in [0.2, 0.25) is 0 Å². The van der Waals surface area contributed by atoms with Gasteiger partial charge < -0.3 is 9.13 Å². The maximum atomic E-state index is 2.46. The molecule has 0 N–H and O–H groups in total. The fourth-order valence-corrected chi connectivity index (χ4v) is 14.5. The van der Waals surface area contributed by atoms with E-state index in [-0.39, 0.29) is 0 Å². The molecule has 0 saturated carbocycles. The summed E-state index contributed by atoms with van der Waals surface area (Å²) in [5, 5.41) is 10.5. The lowest BCUT2D eigenvalue weighted by Crippen LogP contribution is -2.75. The van der Waals surface area contributed by atoms with Crippen molar-refractivity contribution < 1.29 is 0 Å². The maximum Gasteiger partial charge on any atom is 0.180 e. The number of hydrogen-bond acceptors (Lipinski definition) is 0. The highest BCUT2D eigenvalue weighted by molar-refractivity contribution is 7.20. The van der Waals surface area contributed by atoms with Gasteiger partial charge in [-0.05, 0) is 74.3 Å². The molecule has 11 rings (SSSR count). The van der Waals surface area contributed by atoms with Crippen molar-refractivity contribution in [2.45, 2.75) is 0 Å². The van der Waals surface area contributed by atoms with Crippen LogP contribution < -0.4 is 20.7 Å². The summed E-state index contributed by atoms with van der Waals surface area (Å²) < 4.78 is 4.92. The van der Waals surface area contributed by atoms with Crippen molar-refractivity contribution >= 4 is 72.4 Å². The second kappa shape index (κ2) is 13.5. The molecule has 9 aromatic carbocycles. The number of rotatable bonds is 7. The van der Waals surface area contributed by atoms with E-state index in [9.17, 15) is 0 Å². The van der Waals surface area contributed by atoms with Gasteiger partial charge >= 0.3 is 0 Å². The van der Waals surface area contributed by atoms with E-state index in [0.29, 0.717) is 0 Å². The normalized spacial score (nSPS) is 11.9. The molecular formula is C54H38N2Si. The molecule has 0 aliphatic carbocycles. The highest BCUT2D eigenvalue weighted by Gasteiger charge is 2.42. The molecule has 2 heterocycles. The van der Waals surface area contributed by atoms with Gasteiger partial charge in [0.1, 0.15) is 0 Å². The first-order valence-electron chi connectivity index (χ1n) is 19.7. The van der Waals surface area contributed by atoms with E-state index in [4.69, 9.17) is 0 Å². The largest absolute Gasteiger partial charge is 0.309 e. The van der Waals surface area contributed by atoms with E-state index < -0.39 is 8.07 Å². The molecule has 0 saturated heterocycles. The summed E-state index contributed by atoms with van der Waals surface area (Å²) >= 11 is 0. The van der Waals surface area contributed by atoms with Crippen LogP contribution in [0.3, 0.4) is 0 Å². The van der Waals surface area contributed by atoms with Crippen LogP contribution in [0.2, 0.25) is 0 Å². The Morgan fingerprint density at radius 2 is 0.772 bits per heavy atom. The molecule has 0 atom stereocenters. The molecule has 0 aliphatic heterocycles. The molecule has 0 unspecified atom stereocenters. The van der Waals surface area contributed by atoms with Crippen molar-refractivity contribution in [2.75, 3.05) is 0 Å². The molecule has 268 valence electrons. The van der Waals surface area contributed by atoms with E-state index in [1.54, 1.807) is 0 Å². The van der Waals surface area contributed by atoms with Crippen molar-refractivity contribution in [3.8, 4) is 22.5 Å². The number of hydrogen-bond donors (Lipinski definition) is 0. The minimum atomic E-state index is -2.79. The van der Waals surface area contributed by atoms with E-state index in [1.807, 2.05) is 0 Å². The minimum absolute atomic E-state index is 1.14. The summed E-state index contributed by atoms with van der Waals surface area (Å²) in [7, 11) is -2.79. The first kappa shape index (κ1) is 33.2. The smallest absolute Gasteiger partial charge is 0.180 e. The van der Waals surface area contributed by atoms with Gasteiger partial charge in [-0.1, -0.05) is 188 Å². The third-order valence-corrected chi connectivity index (χ3v) is 16.7. The summed E-state index contributed by atoms with van der Waals surface area (Å²) in [5.41, 5.74) is 9.58. The standard InChI is InChI=1S/C54H38N2Si/c1-4-22-41(23-5-1)57(42-24-6-2-7-25-42,43-26-8-3-9-27-43)53-37-17-13-28-44(53)39-20-18-21-40(38-39)55-50-34-16-12-31-47(50)54-51(55)35-19-36-52(54)56-48-32-14-10-29-45(48)46-30-11-15-33-49(46)56/h1-38H. The zero-order valence-corrected chi connectivity index (χ0v) is 32.3. The van der Waals surface area contributed by atoms with Crippen molar-refractivity contribution in [3.63, 3.8) is 0 Å². The summed E-state index contributed by atoms with van der Waals surface area (Å²) in [6.07, 6.45) is 0. The lowest BCUT2D eigenvalue weighted by atomic mass is 10.0. The van der Waals surface area contributed by atoms with Gasteiger partial charge in [0, 0.05) is 27.2 Å². The van der Waals surface area contributed by atoms with Gasteiger partial charge in [0.25, 0.3) is 0 Å². The van der Waals surface area contributed by atoms with Crippen LogP contribution in [0.5, 0.6) is 0 Å². The molecule has 3 heteroatoms. The van der Waals surface area contributed by atoms with E-state index in [2.05, 4.69) is 240 Å². The monoisotopic (exact) mass is 742 g/mol. The summed E-state index contributed by atoms with van der Waals surface area (Å²) in [6, 6.07) is 85.2. The molecule has 0 fully saturated rings. The molecule has 11 aromatic rings. The number of fused-ring (bicyclic) bond motifs is 6. The van der Waals surface area contributed by atoms with Crippen molar-refractivity contribution in [1.29, 1.82) is 0 Å². The van der Waals surface area contributed by atoms with Crippen LogP contribution in [0.1, 0.15) is 0 Å². The SMILES string of the molecule is c1ccc([Si](c2ccccc2)(c2ccccc2)c2ccccc2-c2cccc(-n3c4ccccc4c4c(-n5c6ccccc6c6ccccc65)cccc43)c2)cc1. The van der Waals surface area contributed by atoms with Gasteiger partial charge in [-0.3, -0.25) is 0 Å². The molecule has 0 amide bonds. The Balaban J connectivity index is 1.17. The van der Waals surface area contributed by atoms with E-state index in [1.165, 1.54) is 81.2 Å². The molecule has 2 nitrogen and oxygen atoms in total. The zero-order valence-electron chi connectivity index (χ0n) is 31.3. The van der Waals surface area contributed by atoms with Gasteiger partial charge in [0.15, 0.2) is 8.07 Å². The molecule has 57 heavy (non-hydrogen) atoms. The Hall–Kier alpha value is -7.20. The first-order chi connectivity index (χ1) is 28.3. The molecule has 0 spiro atoms. The lowest BCUT2D eigenvalue weighted by Gasteiger charge is -2.36. The van der Waals surface area contributed by atoms with Gasteiger partial charge in [-0.25, -0.2) is 0 Å². The quantitative estimate of drug-likeness (QED) is 0.114. The number of nitrogens with zero attached hydrogens (tertiary/aromatic N) is 2. The van der Waals surface area contributed by atoms with Crippen LogP contribution >= 0.6 is 0 Å². The number of aromatic nitrogens is 2. The van der Waals surface area contributed by atoms with Gasteiger partial charge in [-0.15, -0.1) is 0 Å². The van der Waals surface area contributed by atoms with Crippen LogP contribution in [0.25, 0.3) is 66.1 Å². The summed E-state index contributed by atoms with van der Waals surface area (Å²) in [4.78, 5) is 0. The number of para-hydroxylation sites is 3. The minimum Gasteiger partial charge on any atom is -0.309 e. The Labute approximate surface area is 333 Å². The number of benzene rings is 9. The summed E-state index contributed by atoms with van der Waals surface area (Å²) in [5.74, 6) is 0. The third kappa shape index (κ3) is 5.10. The van der Waals surface area contributed by atoms with E-state index in [0.717, 1.165) is 5.69 Å². The topological polar surface area (TPSA) is 9.86 Å². The molecular weight excluding hydrogens is 705 g/mol. The van der Waals surface area contributed by atoms with Crippen LogP contribution in [0, 0.1) is 0 Å². The predicted molar refractivity (Wildman–Crippen MR) is 244 cm³/mol. The Morgan fingerprint density at radius 1 is 0.316 bits per heavy atom. The van der Waals surface area contributed by atoms with Crippen LogP contribution in [-0.2, 0) is 0 Å². The Morgan fingerprint density at radius 3 is 1.37 bits per heavy atom. The van der Waals surface area contributed by atoms with E-state index >= 15 is 0 Å². The Bertz CT molecular complexity index is 3080. The third-order valence-electron chi connectivity index (χ3n) is 11.9. The molecule has 0 radical (unpaired) electrons. The van der Waals surface area contributed by atoms with Crippen LogP contribution in [0.15, 0.2) is 231 Å². The fourth-order valence-electron chi connectivity index (χ4n) is 9.55. The molecule has 0 bridgehead atoms. The average Bonchev–Trinajstić information content (AvgIpc) is 3.81. The van der Waals surface area contributed by atoms with Crippen LogP contribution in [-0.4, -0.2) is 17.2 Å². The van der Waals surface area contributed by atoms with Crippen molar-refractivity contribution in [3.05, 3.63) is 231 Å². The molecule has 2 aromatic heterocycles. The van der Waals surface area contributed by atoms with Gasteiger partial charge in [-0.2, -0.15) is 0 Å². The predicted octanol–water partition coefficient (Wildman–Crippen LogP) is 10.9. The lowest BCUT2D eigenvalue weighted by molar-refractivity contribution is 1.17. The zero-order chi connectivity index (χ0) is 37.8. The highest BCUT2D eigenvalue weighted by atomic mass is 28.3. The van der Waals surface area contributed by atoms with Crippen LogP contribution in [0.4, 0.5) is 0 Å².